The standard InChI is InChI=1S/C25H29NO4/c1-20-9-8-14-24(27-2)25(20)29-18-16-26-15-17-28-22-12-6-7-13-23(22)30-19-21-10-4-3-5-11-21/h3-14,26H,15-19H2,1-2H3. The number of methoxy groups -OCH3 is 1. The van der Waals surface area contributed by atoms with E-state index in [2.05, 4.69) is 5.32 Å². The van der Waals surface area contributed by atoms with Gasteiger partial charge in [-0.15, -0.1) is 0 Å². The van der Waals surface area contributed by atoms with Crippen LogP contribution in [0.2, 0.25) is 0 Å². The third-order valence-corrected chi connectivity index (χ3v) is 4.54. The normalized spacial score (nSPS) is 10.5. The monoisotopic (exact) mass is 407 g/mol. The molecule has 0 heterocycles. The number of para-hydroxylation sites is 3. The fourth-order valence-electron chi connectivity index (χ4n) is 2.98. The molecule has 3 aromatic rings. The lowest BCUT2D eigenvalue weighted by molar-refractivity contribution is 0.255. The van der Waals surface area contributed by atoms with Gasteiger partial charge in [0.05, 0.1) is 7.11 Å². The molecule has 158 valence electrons. The van der Waals surface area contributed by atoms with Crippen LogP contribution >= 0.6 is 0 Å². The van der Waals surface area contributed by atoms with Crippen LogP contribution in [0.1, 0.15) is 11.1 Å². The quantitative estimate of drug-likeness (QED) is 0.444. The molecule has 0 saturated heterocycles. The van der Waals surface area contributed by atoms with E-state index in [0.29, 0.717) is 32.9 Å². The number of aryl methyl sites for hydroxylation is 1. The van der Waals surface area contributed by atoms with Crippen LogP contribution in [0.4, 0.5) is 0 Å². The Morgan fingerprint density at radius 3 is 2.03 bits per heavy atom. The van der Waals surface area contributed by atoms with Gasteiger partial charge < -0.3 is 24.3 Å². The lowest BCUT2D eigenvalue weighted by Crippen LogP contribution is -2.26. The molecule has 0 aliphatic heterocycles. The third kappa shape index (κ3) is 6.42. The van der Waals surface area contributed by atoms with Crippen LogP contribution in [0.3, 0.4) is 0 Å². The second-order valence-corrected chi connectivity index (χ2v) is 6.77. The van der Waals surface area contributed by atoms with Crippen LogP contribution in [-0.2, 0) is 6.61 Å². The Labute approximate surface area is 178 Å². The van der Waals surface area contributed by atoms with Gasteiger partial charge in [-0.3, -0.25) is 0 Å². The van der Waals surface area contributed by atoms with Crippen molar-refractivity contribution in [2.75, 3.05) is 33.4 Å². The van der Waals surface area contributed by atoms with Crippen molar-refractivity contribution in [3.8, 4) is 23.0 Å². The van der Waals surface area contributed by atoms with Crippen molar-refractivity contribution in [2.24, 2.45) is 0 Å². The Morgan fingerprint density at radius 2 is 1.30 bits per heavy atom. The highest BCUT2D eigenvalue weighted by Crippen LogP contribution is 2.30. The topological polar surface area (TPSA) is 49.0 Å². The second kappa shape index (κ2) is 11.7. The van der Waals surface area contributed by atoms with Gasteiger partial charge in [-0.1, -0.05) is 54.6 Å². The Morgan fingerprint density at radius 1 is 0.667 bits per heavy atom. The number of benzene rings is 3. The summed E-state index contributed by atoms with van der Waals surface area (Å²) in [5.74, 6) is 3.04. The Bertz CT molecular complexity index is 899. The zero-order valence-electron chi connectivity index (χ0n) is 17.6. The molecule has 0 bridgehead atoms. The highest BCUT2D eigenvalue weighted by Gasteiger charge is 2.07. The number of hydrogen-bond donors (Lipinski definition) is 1. The fourth-order valence-corrected chi connectivity index (χ4v) is 2.98. The predicted octanol–water partition coefficient (Wildman–Crippen LogP) is 4.63. The molecule has 30 heavy (non-hydrogen) atoms. The molecule has 0 spiro atoms. The molecule has 0 unspecified atom stereocenters. The molecule has 0 aliphatic rings. The van der Waals surface area contributed by atoms with Gasteiger partial charge in [-0.25, -0.2) is 0 Å². The minimum atomic E-state index is 0.513. The van der Waals surface area contributed by atoms with E-state index in [1.165, 1.54) is 0 Å². The number of nitrogens with one attached hydrogen (secondary N) is 1. The minimum Gasteiger partial charge on any atom is -0.493 e. The number of rotatable bonds is 12. The molecule has 0 saturated carbocycles. The first-order valence-corrected chi connectivity index (χ1v) is 10.1. The molecule has 1 N–H and O–H groups in total. The predicted molar refractivity (Wildman–Crippen MR) is 119 cm³/mol. The number of hydrogen-bond acceptors (Lipinski definition) is 5. The summed E-state index contributed by atoms with van der Waals surface area (Å²) in [5, 5.41) is 3.33. The molecule has 0 aliphatic carbocycles. The van der Waals surface area contributed by atoms with Gasteiger partial charge in [0.1, 0.15) is 19.8 Å². The summed E-state index contributed by atoms with van der Waals surface area (Å²) >= 11 is 0. The molecular weight excluding hydrogens is 378 g/mol. The Hall–Kier alpha value is -3.18. The first-order chi connectivity index (χ1) is 14.8. The van der Waals surface area contributed by atoms with Crippen molar-refractivity contribution in [3.05, 3.63) is 83.9 Å². The van der Waals surface area contributed by atoms with Gasteiger partial charge in [-0.2, -0.15) is 0 Å². The lowest BCUT2D eigenvalue weighted by Gasteiger charge is -2.14. The van der Waals surface area contributed by atoms with Gasteiger partial charge >= 0.3 is 0 Å². The summed E-state index contributed by atoms with van der Waals surface area (Å²) in [4.78, 5) is 0. The third-order valence-electron chi connectivity index (χ3n) is 4.54. The first-order valence-electron chi connectivity index (χ1n) is 10.1. The summed E-state index contributed by atoms with van der Waals surface area (Å²) in [6.07, 6.45) is 0. The Kier molecular flexibility index (Phi) is 8.42. The van der Waals surface area contributed by atoms with E-state index in [1.54, 1.807) is 7.11 Å². The van der Waals surface area contributed by atoms with Crippen LogP contribution in [0.5, 0.6) is 23.0 Å². The van der Waals surface area contributed by atoms with E-state index in [4.69, 9.17) is 18.9 Å². The van der Waals surface area contributed by atoms with Crippen LogP contribution in [0, 0.1) is 6.92 Å². The van der Waals surface area contributed by atoms with Crippen LogP contribution < -0.4 is 24.3 Å². The lowest BCUT2D eigenvalue weighted by atomic mass is 10.2. The SMILES string of the molecule is COc1cccc(C)c1OCCNCCOc1ccccc1OCc1ccccc1. The molecule has 0 atom stereocenters. The molecule has 3 aromatic carbocycles. The van der Waals surface area contributed by atoms with Crippen LogP contribution in [0.15, 0.2) is 72.8 Å². The highest BCUT2D eigenvalue weighted by molar-refractivity contribution is 5.45. The maximum Gasteiger partial charge on any atom is 0.164 e. The molecule has 0 radical (unpaired) electrons. The van der Waals surface area contributed by atoms with E-state index >= 15 is 0 Å². The maximum atomic E-state index is 5.92. The average molecular weight is 408 g/mol. The molecule has 5 nitrogen and oxygen atoms in total. The van der Waals surface area contributed by atoms with E-state index in [-0.39, 0.29) is 0 Å². The van der Waals surface area contributed by atoms with Crippen molar-refractivity contribution in [1.29, 1.82) is 0 Å². The van der Waals surface area contributed by atoms with Crippen LogP contribution in [-0.4, -0.2) is 33.4 Å². The minimum absolute atomic E-state index is 0.513. The molecule has 5 heteroatoms. The summed E-state index contributed by atoms with van der Waals surface area (Å²) in [6, 6.07) is 23.7. The average Bonchev–Trinajstić information content (AvgIpc) is 2.79. The van der Waals surface area contributed by atoms with Crippen molar-refractivity contribution in [3.63, 3.8) is 0 Å². The maximum absolute atomic E-state index is 5.92. The summed E-state index contributed by atoms with van der Waals surface area (Å²) < 4.78 is 23.0. The van der Waals surface area contributed by atoms with Gasteiger partial charge in [0.15, 0.2) is 23.0 Å². The fraction of sp³-hybridized carbons (Fsp3) is 0.280. The van der Waals surface area contributed by atoms with Crippen molar-refractivity contribution >= 4 is 0 Å². The molecular formula is C25H29NO4. The second-order valence-electron chi connectivity index (χ2n) is 6.77. The zero-order valence-corrected chi connectivity index (χ0v) is 17.6. The van der Waals surface area contributed by atoms with Gasteiger partial charge in [0.25, 0.3) is 0 Å². The van der Waals surface area contributed by atoms with E-state index in [1.807, 2.05) is 79.7 Å². The van der Waals surface area contributed by atoms with E-state index in [0.717, 1.165) is 34.1 Å². The molecule has 0 fully saturated rings. The van der Waals surface area contributed by atoms with Crippen LogP contribution in [0.25, 0.3) is 0 Å². The zero-order chi connectivity index (χ0) is 21.0. The smallest absolute Gasteiger partial charge is 0.164 e. The largest absolute Gasteiger partial charge is 0.493 e. The van der Waals surface area contributed by atoms with Crippen molar-refractivity contribution < 1.29 is 18.9 Å². The molecule has 0 amide bonds. The molecule has 0 aromatic heterocycles. The summed E-state index contributed by atoms with van der Waals surface area (Å²) in [5.41, 5.74) is 2.18. The highest BCUT2D eigenvalue weighted by atomic mass is 16.5. The summed E-state index contributed by atoms with van der Waals surface area (Å²) in [6.45, 7) is 5.04. The summed E-state index contributed by atoms with van der Waals surface area (Å²) in [7, 11) is 1.65. The van der Waals surface area contributed by atoms with Crippen molar-refractivity contribution in [1.82, 2.24) is 5.32 Å². The first kappa shape index (κ1) is 21.5. The van der Waals surface area contributed by atoms with E-state index < -0.39 is 0 Å². The Balaban J connectivity index is 1.37. The van der Waals surface area contributed by atoms with Gasteiger partial charge in [0.2, 0.25) is 0 Å². The van der Waals surface area contributed by atoms with Gasteiger partial charge in [-0.05, 0) is 36.2 Å². The van der Waals surface area contributed by atoms with E-state index in [9.17, 15) is 0 Å². The van der Waals surface area contributed by atoms with Crippen molar-refractivity contribution in [2.45, 2.75) is 13.5 Å². The van der Waals surface area contributed by atoms with Gasteiger partial charge in [0, 0.05) is 13.1 Å². The number of ether oxygens (including phenoxy) is 4. The molecule has 3 rings (SSSR count).